The molecular weight excluding hydrogens is 452 g/mol. The number of nitrogens with one attached hydrogen (secondary N) is 1. The van der Waals surface area contributed by atoms with Gasteiger partial charge in [-0.15, -0.1) is 0 Å². The molecule has 0 saturated carbocycles. The van der Waals surface area contributed by atoms with Crippen LogP contribution in [0, 0.1) is 0 Å². The topological polar surface area (TPSA) is 73.9 Å². The monoisotopic (exact) mass is 463 g/mol. The first-order chi connectivity index (χ1) is 12.8. The summed E-state index contributed by atoms with van der Waals surface area (Å²) in [6, 6.07) is 8.47. The average molecular weight is 465 g/mol. The molecule has 0 spiro atoms. The number of rotatable bonds is 7. The number of hydrogen-bond donors (Lipinski definition) is 1. The molecule has 6 nitrogen and oxygen atoms in total. The molecule has 2 aromatic rings. The largest absolute Gasteiger partial charge is 0.497 e. The molecule has 0 aliphatic rings. The highest BCUT2D eigenvalue weighted by Crippen LogP contribution is 2.29. The molecule has 0 aliphatic heterocycles. The molecule has 0 aromatic heterocycles. The lowest BCUT2D eigenvalue weighted by Crippen LogP contribution is -2.21. The molecule has 0 radical (unpaired) electrons. The van der Waals surface area contributed by atoms with Crippen molar-refractivity contribution in [2.45, 2.75) is 6.61 Å². The van der Waals surface area contributed by atoms with Crippen molar-refractivity contribution in [3.05, 3.63) is 51.5 Å². The van der Waals surface area contributed by atoms with Gasteiger partial charge in [0.1, 0.15) is 11.5 Å². The number of ether oxygens (including phenoxy) is 3. The zero-order valence-electron chi connectivity index (χ0n) is 13.8. The molecule has 0 heterocycles. The van der Waals surface area contributed by atoms with Crippen LogP contribution in [0.5, 0.6) is 11.5 Å². The number of amides is 1. The Labute approximate surface area is 166 Å². The molecule has 1 amide bonds. The zero-order valence-corrected chi connectivity index (χ0v) is 16.1. The second-order valence-corrected chi connectivity index (χ2v) is 6.26. The van der Waals surface area contributed by atoms with Gasteiger partial charge in [0.15, 0.2) is 6.61 Å². The summed E-state index contributed by atoms with van der Waals surface area (Å²) in [6.07, 6.45) is 0. The van der Waals surface area contributed by atoms with E-state index in [2.05, 4.69) is 26.0 Å². The summed E-state index contributed by atoms with van der Waals surface area (Å²) in [5.74, 6) is -1.13. The van der Waals surface area contributed by atoms with E-state index in [4.69, 9.17) is 21.1 Å². The van der Waals surface area contributed by atoms with Crippen LogP contribution in [0.4, 0.5) is 14.5 Å². The van der Waals surface area contributed by atoms with E-state index < -0.39 is 25.1 Å². The first kappa shape index (κ1) is 20.9. The van der Waals surface area contributed by atoms with Crippen LogP contribution in [0.2, 0.25) is 5.02 Å². The molecule has 1 N–H and O–H groups in total. The first-order valence-electron chi connectivity index (χ1n) is 7.35. The van der Waals surface area contributed by atoms with Gasteiger partial charge in [-0.25, -0.2) is 4.79 Å². The van der Waals surface area contributed by atoms with Gasteiger partial charge in [-0.05, 0) is 52.3 Å². The highest BCUT2D eigenvalue weighted by Gasteiger charge is 2.15. The van der Waals surface area contributed by atoms with Gasteiger partial charge in [0.25, 0.3) is 5.91 Å². The Hall–Kier alpha value is -2.39. The molecule has 0 saturated heterocycles. The maximum absolute atomic E-state index is 12.2. The van der Waals surface area contributed by atoms with Crippen molar-refractivity contribution in [1.29, 1.82) is 0 Å². The molecule has 0 fully saturated rings. The van der Waals surface area contributed by atoms with E-state index in [0.717, 1.165) is 0 Å². The fraction of sp³-hybridized carbons (Fsp3) is 0.176. The quantitative estimate of drug-likeness (QED) is 0.611. The van der Waals surface area contributed by atoms with Gasteiger partial charge in [0.05, 0.1) is 17.7 Å². The van der Waals surface area contributed by atoms with Gasteiger partial charge in [0.2, 0.25) is 0 Å². The lowest BCUT2D eigenvalue weighted by atomic mass is 10.2. The Kier molecular flexibility index (Phi) is 7.37. The second-order valence-electron chi connectivity index (χ2n) is 4.99. The number of carbonyl (C=O) groups excluding carboxylic acids is 2. The van der Waals surface area contributed by atoms with Crippen LogP contribution in [0.3, 0.4) is 0 Å². The zero-order chi connectivity index (χ0) is 20.0. The summed E-state index contributed by atoms with van der Waals surface area (Å²) in [5.41, 5.74) is 0.420. The molecule has 2 rings (SSSR count). The van der Waals surface area contributed by atoms with Gasteiger partial charge in [0, 0.05) is 10.2 Å². The van der Waals surface area contributed by atoms with Crippen LogP contribution in [0.15, 0.2) is 40.9 Å². The molecule has 10 heteroatoms. The smallest absolute Gasteiger partial charge is 0.387 e. The maximum Gasteiger partial charge on any atom is 0.387 e. The fourth-order valence-electron chi connectivity index (χ4n) is 1.96. The third kappa shape index (κ3) is 6.07. The molecule has 0 aliphatic carbocycles. The van der Waals surface area contributed by atoms with Crippen molar-refractivity contribution in [2.75, 3.05) is 19.0 Å². The van der Waals surface area contributed by atoms with Crippen molar-refractivity contribution >= 4 is 45.1 Å². The lowest BCUT2D eigenvalue weighted by Gasteiger charge is -2.10. The molecule has 0 bridgehead atoms. The van der Waals surface area contributed by atoms with E-state index in [1.165, 1.54) is 31.4 Å². The van der Waals surface area contributed by atoms with Crippen molar-refractivity contribution < 1.29 is 32.6 Å². The maximum atomic E-state index is 12.2. The fourth-order valence-corrected chi connectivity index (χ4v) is 2.60. The summed E-state index contributed by atoms with van der Waals surface area (Å²) in [5, 5.41) is 2.32. The van der Waals surface area contributed by atoms with Crippen molar-refractivity contribution in [2.24, 2.45) is 0 Å². The third-order valence-electron chi connectivity index (χ3n) is 3.16. The van der Waals surface area contributed by atoms with Crippen molar-refractivity contribution in [1.82, 2.24) is 0 Å². The van der Waals surface area contributed by atoms with Crippen molar-refractivity contribution in [3.8, 4) is 11.5 Å². The molecule has 0 unspecified atom stereocenters. The van der Waals surface area contributed by atoms with E-state index in [0.29, 0.717) is 10.2 Å². The predicted octanol–water partition coefficient (Wildman–Crippen LogP) is 4.51. The van der Waals surface area contributed by atoms with Gasteiger partial charge in [-0.1, -0.05) is 11.6 Å². The van der Waals surface area contributed by atoms with Crippen LogP contribution in [0.1, 0.15) is 10.4 Å². The van der Waals surface area contributed by atoms with E-state index in [1.54, 1.807) is 12.1 Å². The van der Waals surface area contributed by atoms with Crippen LogP contribution >= 0.6 is 27.5 Å². The number of hydrogen-bond acceptors (Lipinski definition) is 5. The Morgan fingerprint density at radius 2 is 1.96 bits per heavy atom. The standard InChI is InChI=1S/C17H13BrClF2NO5/c1-25-10-3-4-12(18)11(7-10)16(24)26-8-15(23)22-9-2-5-14(13(19)6-9)27-17(20)21/h2-7,17H,8H2,1H3,(H,22,23). The average Bonchev–Trinajstić information content (AvgIpc) is 2.62. The summed E-state index contributed by atoms with van der Waals surface area (Å²) in [7, 11) is 1.45. The number of methoxy groups -OCH3 is 1. The minimum absolute atomic E-state index is 0.106. The first-order valence-corrected chi connectivity index (χ1v) is 8.52. The molecule has 144 valence electrons. The Bertz CT molecular complexity index is 850. The van der Waals surface area contributed by atoms with Gasteiger partial charge >= 0.3 is 12.6 Å². The molecule has 2 aromatic carbocycles. The van der Waals surface area contributed by atoms with E-state index in [9.17, 15) is 18.4 Å². The highest BCUT2D eigenvalue weighted by molar-refractivity contribution is 9.10. The van der Waals surface area contributed by atoms with Crippen LogP contribution in [0.25, 0.3) is 0 Å². The van der Waals surface area contributed by atoms with E-state index >= 15 is 0 Å². The lowest BCUT2D eigenvalue weighted by molar-refractivity contribution is -0.119. The van der Waals surface area contributed by atoms with Gasteiger partial charge < -0.3 is 19.5 Å². The summed E-state index contributed by atoms with van der Waals surface area (Å²) >= 11 is 9.01. The Balaban J connectivity index is 1.94. The van der Waals surface area contributed by atoms with Crippen LogP contribution in [-0.2, 0) is 9.53 Å². The normalized spacial score (nSPS) is 10.4. The second kappa shape index (κ2) is 9.52. The summed E-state index contributed by atoms with van der Waals surface area (Å²) in [6.45, 7) is -3.58. The number of carbonyl (C=O) groups is 2. The minimum atomic E-state index is -3.02. The van der Waals surface area contributed by atoms with Crippen LogP contribution < -0.4 is 14.8 Å². The van der Waals surface area contributed by atoms with Gasteiger partial charge in [-0.3, -0.25) is 4.79 Å². The number of anilines is 1. The summed E-state index contributed by atoms with van der Waals surface area (Å²) < 4.78 is 39.1. The Morgan fingerprint density at radius 1 is 1.22 bits per heavy atom. The molecule has 27 heavy (non-hydrogen) atoms. The Morgan fingerprint density at radius 3 is 2.59 bits per heavy atom. The SMILES string of the molecule is COc1ccc(Br)c(C(=O)OCC(=O)Nc2ccc(OC(F)F)c(Cl)c2)c1. The molecule has 0 atom stereocenters. The molecular formula is C17H13BrClF2NO5. The van der Waals surface area contributed by atoms with Crippen LogP contribution in [-0.4, -0.2) is 32.2 Å². The predicted molar refractivity (Wildman–Crippen MR) is 97.7 cm³/mol. The number of alkyl halides is 2. The van der Waals surface area contributed by atoms with Gasteiger partial charge in [-0.2, -0.15) is 8.78 Å². The van der Waals surface area contributed by atoms with Crippen molar-refractivity contribution in [3.63, 3.8) is 0 Å². The van der Waals surface area contributed by atoms with E-state index in [1.807, 2.05) is 0 Å². The highest BCUT2D eigenvalue weighted by atomic mass is 79.9. The summed E-state index contributed by atoms with van der Waals surface area (Å²) in [4.78, 5) is 24.0. The third-order valence-corrected chi connectivity index (χ3v) is 4.15. The van der Waals surface area contributed by atoms with E-state index in [-0.39, 0.29) is 22.0 Å². The number of esters is 1. The minimum Gasteiger partial charge on any atom is -0.497 e. The number of benzene rings is 2. The number of halogens is 4.